The summed E-state index contributed by atoms with van der Waals surface area (Å²) in [5, 5.41) is 11.3. The third kappa shape index (κ3) is 4.11. The van der Waals surface area contributed by atoms with Gasteiger partial charge in [-0.25, -0.2) is 4.79 Å². The minimum atomic E-state index is -0.614. The first-order valence-electron chi connectivity index (χ1n) is 9.72. The number of nitrogens with zero attached hydrogens (tertiary/aromatic N) is 1. The number of benzene rings is 2. The smallest absolute Gasteiger partial charge is 0.339 e. The summed E-state index contributed by atoms with van der Waals surface area (Å²) in [7, 11) is 1.97. The molecule has 0 spiro atoms. The van der Waals surface area contributed by atoms with Crippen molar-refractivity contribution in [1.29, 1.82) is 0 Å². The van der Waals surface area contributed by atoms with Crippen LogP contribution in [0.25, 0.3) is 11.0 Å². The molecule has 1 heterocycles. The first-order chi connectivity index (χ1) is 13.6. The highest BCUT2D eigenvalue weighted by Gasteiger charge is 2.19. The molecule has 0 aliphatic heterocycles. The van der Waals surface area contributed by atoms with Gasteiger partial charge in [0, 0.05) is 30.1 Å². The SMILES string of the molecule is CN(Cc1ccccc1)C[C@@H](O)COc1ccc2c3c(c(=O)oc2c1)CCC3. The molecule has 0 amide bonds. The summed E-state index contributed by atoms with van der Waals surface area (Å²) in [5.74, 6) is 0.596. The van der Waals surface area contributed by atoms with Gasteiger partial charge in [0.15, 0.2) is 0 Å². The second kappa shape index (κ2) is 8.17. The van der Waals surface area contributed by atoms with E-state index in [9.17, 15) is 9.90 Å². The maximum absolute atomic E-state index is 12.1. The third-order valence-electron chi connectivity index (χ3n) is 5.21. The fourth-order valence-corrected chi connectivity index (χ4v) is 3.92. The summed E-state index contributed by atoms with van der Waals surface area (Å²) in [6, 6.07) is 15.7. The van der Waals surface area contributed by atoms with Gasteiger partial charge in [-0.1, -0.05) is 30.3 Å². The topological polar surface area (TPSA) is 62.9 Å². The lowest BCUT2D eigenvalue weighted by molar-refractivity contribution is 0.0744. The number of hydrogen-bond donors (Lipinski definition) is 1. The summed E-state index contributed by atoms with van der Waals surface area (Å²) < 4.78 is 11.2. The quantitative estimate of drug-likeness (QED) is 0.639. The molecule has 0 unspecified atom stereocenters. The molecule has 0 saturated carbocycles. The Kier molecular flexibility index (Phi) is 5.46. The van der Waals surface area contributed by atoms with E-state index in [0.717, 1.165) is 42.3 Å². The van der Waals surface area contributed by atoms with Crippen molar-refractivity contribution < 1.29 is 14.3 Å². The van der Waals surface area contributed by atoms with Gasteiger partial charge >= 0.3 is 5.63 Å². The molecule has 1 aromatic heterocycles. The maximum atomic E-state index is 12.1. The highest BCUT2D eigenvalue weighted by molar-refractivity contribution is 5.83. The van der Waals surface area contributed by atoms with Crippen molar-refractivity contribution >= 4 is 11.0 Å². The molecule has 2 aromatic carbocycles. The molecular formula is C23H25NO4. The lowest BCUT2D eigenvalue weighted by atomic mass is 10.1. The van der Waals surface area contributed by atoms with Gasteiger partial charge in [0.25, 0.3) is 0 Å². The van der Waals surface area contributed by atoms with Crippen LogP contribution in [0.3, 0.4) is 0 Å². The van der Waals surface area contributed by atoms with Gasteiger partial charge in [-0.05, 0) is 49.6 Å². The van der Waals surface area contributed by atoms with E-state index in [2.05, 4.69) is 17.0 Å². The molecule has 5 nitrogen and oxygen atoms in total. The average Bonchev–Trinajstić information content (AvgIpc) is 3.18. The monoisotopic (exact) mass is 379 g/mol. The zero-order valence-corrected chi connectivity index (χ0v) is 16.1. The lowest BCUT2D eigenvalue weighted by Gasteiger charge is -2.21. The average molecular weight is 379 g/mol. The largest absolute Gasteiger partial charge is 0.491 e. The molecule has 0 bridgehead atoms. The number of aliphatic hydroxyl groups is 1. The lowest BCUT2D eigenvalue weighted by Crippen LogP contribution is -2.32. The number of hydrogen-bond acceptors (Lipinski definition) is 5. The minimum absolute atomic E-state index is 0.180. The maximum Gasteiger partial charge on any atom is 0.339 e. The molecule has 1 N–H and O–H groups in total. The van der Waals surface area contributed by atoms with E-state index in [1.807, 2.05) is 37.4 Å². The van der Waals surface area contributed by atoms with Crippen LogP contribution in [-0.4, -0.2) is 36.3 Å². The summed E-state index contributed by atoms with van der Waals surface area (Å²) in [4.78, 5) is 14.2. The fraction of sp³-hybridized carbons (Fsp3) is 0.348. The molecular weight excluding hydrogens is 354 g/mol. The normalized spacial score (nSPS) is 14.4. The van der Waals surface area contributed by atoms with E-state index in [0.29, 0.717) is 17.9 Å². The van der Waals surface area contributed by atoms with E-state index in [1.165, 1.54) is 5.56 Å². The van der Waals surface area contributed by atoms with Crippen molar-refractivity contribution in [3.05, 3.63) is 75.6 Å². The van der Waals surface area contributed by atoms with Crippen LogP contribution < -0.4 is 10.4 Å². The molecule has 146 valence electrons. The Hall–Kier alpha value is -2.63. The van der Waals surface area contributed by atoms with Gasteiger partial charge in [0.05, 0.1) is 0 Å². The van der Waals surface area contributed by atoms with E-state index >= 15 is 0 Å². The molecule has 4 rings (SSSR count). The third-order valence-corrected chi connectivity index (χ3v) is 5.21. The summed E-state index contributed by atoms with van der Waals surface area (Å²) in [6.45, 7) is 1.45. The van der Waals surface area contributed by atoms with Gasteiger partial charge in [-0.2, -0.15) is 0 Å². The van der Waals surface area contributed by atoms with Crippen LogP contribution in [-0.2, 0) is 19.4 Å². The Bertz CT molecular complexity index is 1010. The van der Waals surface area contributed by atoms with Crippen LogP contribution in [0.4, 0.5) is 0 Å². The molecule has 0 saturated heterocycles. The van der Waals surface area contributed by atoms with Gasteiger partial charge in [-0.3, -0.25) is 4.90 Å². The number of fused-ring (bicyclic) bond motifs is 3. The van der Waals surface area contributed by atoms with Crippen molar-refractivity contribution in [2.45, 2.75) is 31.9 Å². The van der Waals surface area contributed by atoms with Crippen molar-refractivity contribution in [3.63, 3.8) is 0 Å². The predicted molar refractivity (Wildman–Crippen MR) is 109 cm³/mol. The van der Waals surface area contributed by atoms with Crippen molar-refractivity contribution in [3.8, 4) is 5.75 Å². The van der Waals surface area contributed by atoms with E-state index in [4.69, 9.17) is 9.15 Å². The van der Waals surface area contributed by atoms with Crippen molar-refractivity contribution in [1.82, 2.24) is 4.90 Å². The van der Waals surface area contributed by atoms with E-state index in [1.54, 1.807) is 6.07 Å². The first kappa shape index (κ1) is 18.7. The molecule has 28 heavy (non-hydrogen) atoms. The Morgan fingerprint density at radius 2 is 1.93 bits per heavy atom. The second-order valence-electron chi connectivity index (χ2n) is 7.51. The highest BCUT2D eigenvalue weighted by atomic mass is 16.5. The Morgan fingerprint density at radius 1 is 1.14 bits per heavy atom. The van der Waals surface area contributed by atoms with Crippen LogP contribution in [0.5, 0.6) is 5.75 Å². The number of rotatable bonds is 7. The summed E-state index contributed by atoms with van der Waals surface area (Å²) in [5.41, 5.74) is 3.45. The van der Waals surface area contributed by atoms with Gasteiger partial charge in [-0.15, -0.1) is 0 Å². The standard InChI is InChI=1S/C23H25NO4/c1-24(13-16-6-3-2-4-7-16)14-17(25)15-27-18-10-11-20-19-8-5-9-21(19)23(26)28-22(20)12-18/h2-4,6-7,10-12,17,25H,5,8-9,13-15H2,1H3/t17-/m1/s1. The Labute approximate surface area is 164 Å². The van der Waals surface area contributed by atoms with Crippen LogP contribution in [0.1, 0.15) is 23.1 Å². The van der Waals surface area contributed by atoms with E-state index in [-0.39, 0.29) is 12.2 Å². The molecule has 0 fully saturated rings. The number of aliphatic hydroxyl groups excluding tert-OH is 1. The molecule has 1 aliphatic carbocycles. The number of likely N-dealkylation sites (N-methyl/N-ethyl adjacent to an activating group) is 1. The zero-order valence-electron chi connectivity index (χ0n) is 16.1. The van der Waals surface area contributed by atoms with Crippen LogP contribution in [0.15, 0.2) is 57.7 Å². The predicted octanol–water partition coefficient (Wildman–Crippen LogP) is 3.15. The first-order valence-corrected chi connectivity index (χ1v) is 9.72. The number of aryl methyl sites for hydroxylation is 1. The van der Waals surface area contributed by atoms with Gasteiger partial charge in [0.1, 0.15) is 24.0 Å². The number of ether oxygens (including phenoxy) is 1. The Morgan fingerprint density at radius 3 is 2.75 bits per heavy atom. The molecule has 0 radical (unpaired) electrons. The van der Waals surface area contributed by atoms with Crippen LogP contribution in [0.2, 0.25) is 0 Å². The minimum Gasteiger partial charge on any atom is -0.491 e. The Balaban J connectivity index is 1.37. The van der Waals surface area contributed by atoms with Crippen LogP contribution >= 0.6 is 0 Å². The fourth-order valence-electron chi connectivity index (χ4n) is 3.92. The second-order valence-corrected chi connectivity index (χ2v) is 7.51. The van der Waals surface area contributed by atoms with Gasteiger partial charge in [0.2, 0.25) is 0 Å². The molecule has 1 aliphatic rings. The summed E-state index contributed by atoms with van der Waals surface area (Å²) in [6.07, 6.45) is 2.11. The highest BCUT2D eigenvalue weighted by Crippen LogP contribution is 2.29. The van der Waals surface area contributed by atoms with Crippen molar-refractivity contribution in [2.24, 2.45) is 0 Å². The van der Waals surface area contributed by atoms with E-state index < -0.39 is 6.10 Å². The zero-order chi connectivity index (χ0) is 19.5. The van der Waals surface area contributed by atoms with Crippen LogP contribution in [0, 0.1) is 0 Å². The summed E-state index contributed by atoms with van der Waals surface area (Å²) >= 11 is 0. The van der Waals surface area contributed by atoms with Crippen molar-refractivity contribution in [2.75, 3.05) is 20.2 Å². The van der Waals surface area contributed by atoms with Gasteiger partial charge < -0.3 is 14.3 Å². The molecule has 5 heteroatoms. The molecule has 3 aromatic rings. The molecule has 1 atom stereocenters.